The SMILES string of the molecule is CCN(CC)c1ccc(CNC(C)c2ccccc2)cc1.O=C(O)C(=O)O. The summed E-state index contributed by atoms with van der Waals surface area (Å²) in [7, 11) is 0. The Morgan fingerprint density at radius 1 is 0.926 bits per heavy atom. The van der Waals surface area contributed by atoms with Gasteiger partial charge in [-0.3, -0.25) is 0 Å². The highest BCUT2D eigenvalue weighted by molar-refractivity contribution is 6.27. The second kappa shape index (κ2) is 11.7. The van der Waals surface area contributed by atoms with Gasteiger partial charge >= 0.3 is 11.9 Å². The second-order valence-corrected chi connectivity index (χ2v) is 5.96. The molecule has 0 saturated heterocycles. The Morgan fingerprint density at radius 3 is 1.89 bits per heavy atom. The predicted octanol–water partition coefficient (Wildman–Crippen LogP) is 3.54. The lowest BCUT2D eigenvalue weighted by Crippen LogP contribution is -2.22. The minimum Gasteiger partial charge on any atom is -0.473 e. The zero-order chi connectivity index (χ0) is 20.2. The van der Waals surface area contributed by atoms with E-state index in [1.165, 1.54) is 16.8 Å². The van der Waals surface area contributed by atoms with E-state index in [1.807, 2.05) is 0 Å². The monoisotopic (exact) mass is 372 g/mol. The minimum atomic E-state index is -1.82. The van der Waals surface area contributed by atoms with E-state index in [0.717, 1.165) is 19.6 Å². The van der Waals surface area contributed by atoms with Gasteiger partial charge in [-0.2, -0.15) is 0 Å². The van der Waals surface area contributed by atoms with Crippen LogP contribution in [0, 0.1) is 0 Å². The molecule has 6 heteroatoms. The first-order valence-electron chi connectivity index (χ1n) is 8.97. The molecule has 0 aliphatic carbocycles. The van der Waals surface area contributed by atoms with E-state index in [9.17, 15) is 0 Å². The summed E-state index contributed by atoms with van der Waals surface area (Å²) >= 11 is 0. The van der Waals surface area contributed by atoms with Gasteiger partial charge in [0.2, 0.25) is 0 Å². The fraction of sp³-hybridized carbons (Fsp3) is 0.333. The number of benzene rings is 2. The fourth-order valence-corrected chi connectivity index (χ4v) is 2.54. The van der Waals surface area contributed by atoms with E-state index < -0.39 is 11.9 Å². The predicted molar refractivity (Wildman–Crippen MR) is 107 cm³/mol. The number of nitrogens with zero attached hydrogens (tertiary/aromatic N) is 1. The molecule has 0 amide bonds. The number of hydrogen-bond acceptors (Lipinski definition) is 4. The summed E-state index contributed by atoms with van der Waals surface area (Å²) in [5.74, 6) is -3.65. The average molecular weight is 372 g/mol. The van der Waals surface area contributed by atoms with Crippen molar-refractivity contribution in [3.8, 4) is 0 Å². The Bertz CT molecular complexity index is 686. The maximum atomic E-state index is 9.10. The fourth-order valence-electron chi connectivity index (χ4n) is 2.54. The maximum Gasteiger partial charge on any atom is 0.414 e. The van der Waals surface area contributed by atoms with Crippen molar-refractivity contribution in [3.63, 3.8) is 0 Å². The van der Waals surface area contributed by atoms with Crippen LogP contribution in [0.15, 0.2) is 54.6 Å². The van der Waals surface area contributed by atoms with Crippen molar-refractivity contribution in [2.45, 2.75) is 33.4 Å². The molecule has 1 unspecified atom stereocenters. The van der Waals surface area contributed by atoms with Gasteiger partial charge in [0, 0.05) is 31.4 Å². The lowest BCUT2D eigenvalue weighted by molar-refractivity contribution is -0.159. The first-order valence-corrected chi connectivity index (χ1v) is 8.97. The molecule has 2 aromatic rings. The van der Waals surface area contributed by atoms with Crippen molar-refractivity contribution in [2.75, 3.05) is 18.0 Å². The van der Waals surface area contributed by atoms with Gasteiger partial charge in [-0.15, -0.1) is 0 Å². The molecule has 0 fully saturated rings. The average Bonchev–Trinajstić information content (AvgIpc) is 2.69. The molecule has 2 rings (SSSR count). The maximum absolute atomic E-state index is 9.10. The van der Waals surface area contributed by atoms with Gasteiger partial charge in [-0.1, -0.05) is 42.5 Å². The molecule has 0 aliphatic heterocycles. The molecule has 0 bridgehead atoms. The normalized spacial score (nSPS) is 11.1. The second-order valence-electron chi connectivity index (χ2n) is 5.96. The first kappa shape index (κ1) is 22.2. The Labute approximate surface area is 160 Å². The zero-order valence-electron chi connectivity index (χ0n) is 16.1. The number of hydrogen-bond donors (Lipinski definition) is 3. The summed E-state index contributed by atoms with van der Waals surface area (Å²) in [4.78, 5) is 20.6. The van der Waals surface area contributed by atoms with Crippen molar-refractivity contribution in [1.29, 1.82) is 0 Å². The highest BCUT2D eigenvalue weighted by Crippen LogP contribution is 2.16. The number of carbonyl (C=O) groups is 2. The molecule has 146 valence electrons. The van der Waals surface area contributed by atoms with Crippen LogP contribution in [-0.2, 0) is 16.1 Å². The van der Waals surface area contributed by atoms with Crippen LogP contribution in [0.1, 0.15) is 37.9 Å². The molecule has 6 nitrogen and oxygen atoms in total. The lowest BCUT2D eigenvalue weighted by atomic mass is 10.1. The molecule has 3 N–H and O–H groups in total. The summed E-state index contributed by atoms with van der Waals surface area (Å²) in [5, 5.41) is 18.4. The van der Waals surface area contributed by atoms with Crippen LogP contribution in [0.4, 0.5) is 5.69 Å². The molecular formula is C21H28N2O4. The van der Waals surface area contributed by atoms with Gasteiger partial charge in [0.25, 0.3) is 0 Å². The van der Waals surface area contributed by atoms with Gasteiger partial charge < -0.3 is 20.4 Å². The highest BCUT2D eigenvalue weighted by atomic mass is 16.4. The largest absolute Gasteiger partial charge is 0.473 e. The van der Waals surface area contributed by atoms with Crippen LogP contribution in [-0.4, -0.2) is 35.2 Å². The molecule has 27 heavy (non-hydrogen) atoms. The van der Waals surface area contributed by atoms with Gasteiger partial charge in [0.15, 0.2) is 0 Å². The molecule has 0 radical (unpaired) electrons. The summed E-state index contributed by atoms with van der Waals surface area (Å²) in [5.41, 5.74) is 3.96. The third-order valence-corrected chi connectivity index (χ3v) is 4.16. The van der Waals surface area contributed by atoms with Crippen molar-refractivity contribution in [2.24, 2.45) is 0 Å². The van der Waals surface area contributed by atoms with Gasteiger partial charge in [0.1, 0.15) is 0 Å². The van der Waals surface area contributed by atoms with Crippen molar-refractivity contribution in [3.05, 3.63) is 65.7 Å². The van der Waals surface area contributed by atoms with Crippen molar-refractivity contribution in [1.82, 2.24) is 5.32 Å². The summed E-state index contributed by atoms with van der Waals surface area (Å²) in [6.45, 7) is 9.60. The molecule has 0 saturated carbocycles. The third kappa shape index (κ3) is 7.92. The molecule has 0 heterocycles. The van der Waals surface area contributed by atoms with Crippen LogP contribution < -0.4 is 10.2 Å². The third-order valence-electron chi connectivity index (χ3n) is 4.16. The number of rotatable bonds is 7. The Balaban J connectivity index is 0.000000527. The van der Waals surface area contributed by atoms with E-state index >= 15 is 0 Å². The van der Waals surface area contributed by atoms with Crippen LogP contribution in [0.25, 0.3) is 0 Å². The van der Waals surface area contributed by atoms with E-state index in [-0.39, 0.29) is 0 Å². The number of aliphatic carboxylic acids is 2. The number of anilines is 1. The van der Waals surface area contributed by atoms with E-state index in [1.54, 1.807) is 0 Å². The summed E-state index contributed by atoms with van der Waals surface area (Å²) < 4.78 is 0. The Morgan fingerprint density at radius 2 is 1.44 bits per heavy atom. The van der Waals surface area contributed by atoms with Crippen LogP contribution in [0.2, 0.25) is 0 Å². The van der Waals surface area contributed by atoms with E-state index in [4.69, 9.17) is 19.8 Å². The Kier molecular flexibility index (Phi) is 9.61. The topological polar surface area (TPSA) is 89.9 Å². The molecule has 0 aromatic heterocycles. The zero-order valence-corrected chi connectivity index (χ0v) is 16.1. The highest BCUT2D eigenvalue weighted by Gasteiger charge is 2.05. The quantitative estimate of drug-likeness (QED) is 0.644. The van der Waals surface area contributed by atoms with Crippen LogP contribution in [0.3, 0.4) is 0 Å². The standard InChI is InChI=1S/C19H26N2.C2H2O4/c1-4-21(5-2)19-13-11-17(12-14-19)15-20-16(3)18-9-7-6-8-10-18;3-1(4)2(5)6/h6-14,16,20H,4-5,15H2,1-3H3;(H,3,4)(H,5,6). The van der Waals surface area contributed by atoms with Gasteiger partial charge in [-0.05, 0) is 44.0 Å². The molecule has 0 spiro atoms. The molecule has 2 aromatic carbocycles. The Hall–Kier alpha value is -2.86. The van der Waals surface area contributed by atoms with E-state index in [0.29, 0.717) is 6.04 Å². The van der Waals surface area contributed by atoms with Crippen molar-refractivity contribution >= 4 is 17.6 Å². The number of carboxylic acids is 2. The molecule has 1 atom stereocenters. The van der Waals surface area contributed by atoms with Crippen molar-refractivity contribution < 1.29 is 19.8 Å². The molecule has 0 aliphatic rings. The number of nitrogens with one attached hydrogen (secondary N) is 1. The minimum absolute atomic E-state index is 0.369. The smallest absolute Gasteiger partial charge is 0.414 e. The van der Waals surface area contributed by atoms with Crippen LogP contribution >= 0.6 is 0 Å². The number of carboxylic acid groups (broad SMARTS) is 2. The van der Waals surface area contributed by atoms with E-state index in [2.05, 4.69) is 85.6 Å². The molecular weight excluding hydrogens is 344 g/mol. The summed E-state index contributed by atoms with van der Waals surface area (Å²) in [6.07, 6.45) is 0. The lowest BCUT2D eigenvalue weighted by Gasteiger charge is -2.21. The van der Waals surface area contributed by atoms with Crippen LogP contribution in [0.5, 0.6) is 0 Å². The summed E-state index contributed by atoms with van der Waals surface area (Å²) in [6, 6.07) is 19.8. The van der Waals surface area contributed by atoms with Gasteiger partial charge in [-0.25, -0.2) is 9.59 Å². The first-order chi connectivity index (χ1) is 12.9. The van der Waals surface area contributed by atoms with Gasteiger partial charge in [0.05, 0.1) is 0 Å².